The van der Waals surface area contributed by atoms with Crippen molar-refractivity contribution in [3.05, 3.63) is 23.8 Å². The van der Waals surface area contributed by atoms with Gasteiger partial charge in [0.15, 0.2) is 0 Å². The van der Waals surface area contributed by atoms with Gasteiger partial charge in [-0.25, -0.2) is 9.97 Å². The van der Waals surface area contributed by atoms with Crippen molar-refractivity contribution in [2.75, 3.05) is 26.3 Å². The highest BCUT2D eigenvalue weighted by Gasteiger charge is 2.19. The second kappa shape index (κ2) is 5.00. The Morgan fingerprint density at radius 3 is 2.94 bits per heavy atom. The molecule has 1 fully saturated rings. The summed E-state index contributed by atoms with van der Waals surface area (Å²) in [4.78, 5) is 21.8. The van der Waals surface area contributed by atoms with Gasteiger partial charge in [-0.15, -0.1) is 0 Å². The van der Waals surface area contributed by atoms with E-state index in [0.717, 1.165) is 0 Å². The summed E-state index contributed by atoms with van der Waals surface area (Å²) in [5, 5.41) is 0. The average molecular weight is 222 g/mol. The summed E-state index contributed by atoms with van der Waals surface area (Å²) in [6, 6.07) is 1.61. The molecule has 1 aromatic heterocycles. The number of hydrogen-bond donors (Lipinski definition) is 1. The Labute approximate surface area is 93.4 Å². The minimum Gasteiger partial charge on any atom is -0.378 e. The lowest BCUT2D eigenvalue weighted by molar-refractivity contribution is 0.0298. The predicted molar refractivity (Wildman–Crippen MR) is 56.6 cm³/mol. The molecule has 1 saturated heterocycles. The molecule has 86 valence electrons. The van der Waals surface area contributed by atoms with E-state index in [4.69, 9.17) is 10.5 Å². The van der Waals surface area contributed by atoms with Gasteiger partial charge >= 0.3 is 0 Å². The van der Waals surface area contributed by atoms with Crippen molar-refractivity contribution in [1.82, 2.24) is 14.9 Å². The smallest absolute Gasteiger partial charge is 0.272 e. The van der Waals surface area contributed by atoms with E-state index in [1.807, 2.05) is 0 Å². The maximum absolute atomic E-state index is 12.0. The van der Waals surface area contributed by atoms with Crippen LogP contribution in [0.15, 0.2) is 12.3 Å². The number of amides is 1. The van der Waals surface area contributed by atoms with E-state index in [9.17, 15) is 4.79 Å². The largest absolute Gasteiger partial charge is 0.378 e. The minimum absolute atomic E-state index is 0.0830. The third kappa shape index (κ3) is 2.34. The monoisotopic (exact) mass is 222 g/mol. The fourth-order valence-corrected chi connectivity index (χ4v) is 1.54. The third-order valence-corrected chi connectivity index (χ3v) is 2.41. The highest BCUT2D eigenvalue weighted by atomic mass is 16.5. The predicted octanol–water partition coefficient (Wildman–Crippen LogP) is -0.592. The zero-order valence-electron chi connectivity index (χ0n) is 8.93. The van der Waals surface area contributed by atoms with E-state index < -0.39 is 0 Å². The van der Waals surface area contributed by atoms with Crippen LogP contribution in [0.4, 0.5) is 0 Å². The first-order valence-electron chi connectivity index (χ1n) is 5.20. The van der Waals surface area contributed by atoms with Crippen molar-refractivity contribution in [2.45, 2.75) is 6.54 Å². The quantitative estimate of drug-likeness (QED) is 0.723. The first kappa shape index (κ1) is 11.0. The van der Waals surface area contributed by atoms with Gasteiger partial charge in [0, 0.05) is 19.3 Å². The topological polar surface area (TPSA) is 81.3 Å². The van der Waals surface area contributed by atoms with Gasteiger partial charge in [-0.3, -0.25) is 4.79 Å². The van der Waals surface area contributed by atoms with Crippen LogP contribution in [0.1, 0.15) is 16.3 Å². The van der Waals surface area contributed by atoms with Crippen LogP contribution in [0.25, 0.3) is 0 Å². The van der Waals surface area contributed by atoms with Crippen molar-refractivity contribution in [3.63, 3.8) is 0 Å². The highest BCUT2D eigenvalue weighted by molar-refractivity contribution is 5.92. The molecule has 1 aliphatic heterocycles. The Balaban J connectivity index is 2.12. The van der Waals surface area contributed by atoms with Gasteiger partial charge in [-0.05, 0) is 6.07 Å². The average Bonchev–Trinajstić information content (AvgIpc) is 2.39. The minimum atomic E-state index is -0.0830. The molecule has 16 heavy (non-hydrogen) atoms. The molecule has 2 N–H and O–H groups in total. The molecular formula is C10H14N4O2. The van der Waals surface area contributed by atoms with Gasteiger partial charge in [-0.1, -0.05) is 0 Å². The SMILES string of the molecule is NCc1nccc(C(=O)N2CCOCC2)n1. The zero-order valence-corrected chi connectivity index (χ0v) is 8.93. The highest BCUT2D eigenvalue weighted by Crippen LogP contribution is 2.04. The van der Waals surface area contributed by atoms with E-state index in [1.165, 1.54) is 0 Å². The van der Waals surface area contributed by atoms with Crippen molar-refractivity contribution in [1.29, 1.82) is 0 Å². The lowest BCUT2D eigenvalue weighted by Crippen LogP contribution is -2.41. The molecule has 2 heterocycles. The van der Waals surface area contributed by atoms with Crippen molar-refractivity contribution < 1.29 is 9.53 Å². The lowest BCUT2D eigenvalue weighted by Gasteiger charge is -2.26. The number of nitrogens with zero attached hydrogens (tertiary/aromatic N) is 3. The van der Waals surface area contributed by atoms with Crippen LogP contribution in [0.5, 0.6) is 0 Å². The summed E-state index contributed by atoms with van der Waals surface area (Å²) in [5.41, 5.74) is 5.83. The zero-order chi connectivity index (χ0) is 11.4. The number of carbonyl (C=O) groups is 1. The van der Waals surface area contributed by atoms with E-state index in [0.29, 0.717) is 37.8 Å². The van der Waals surface area contributed by atoms with Gasteiger partial charge in [0.25, 0.3) is 5.91 Å². The lowest BCUT2D eigenvalue weighted by atomic mass is 10.3. The summed E-state index contributed by atoms with van der Waals surface area (Å²) < 4.78 is 5.18. The molecule has 0 saturated carbocycles. The standard InChI is InChI=1S/C10H14N4O2/c11-7-9-12-2-1-8(13-9)10(15)14-3-5-16-6-4-14/h1-2H,3-7,11H2. The number of ether oxygens (including phenoxy) is 1. The molecule has 0 atom stereocenters. The van der Waals surface area contributed by atoms with Gasteiger partial charge < -0.3 is 15.4 Å². The maximum atomic E-state index is 12.0. The van der Waals surface area contributed by atoms with Crippen LogP contribution in [0.3, 0.4) is 0 Å². The van der Waals surface area contributed by atoms with Crippen molar-refractivity contribution in [3.8, 4) is 0 Å². The second-order valence-electron chi connectivity index (χ2n) is 3.47. The normalized spacial score (nSPS) is 16.2. The molecule has 2 rings (SSSR count). The molecule has 1 amide bonds. The van der Waals surface area contributed by atoms with Crippen LogP contribution >= 0.6 is 0 Å². The molecule has 0 radical (unpaired) electrons. The Hall–Kier alpha value is -1.53. The molecule has 0 aliphatic carbocycles. The number of nitrogens with two attached hydrogens (primary N) is 1. The van der Waals surface area contributed by atoms with E-state index >= 15 is 0 Å². The molecule has 6 heteroatoms. The summed E-state index contributed by atoms with van der Waals surface area (Å²) in [6.45, 7) is 2.63. The van der Waals surface area contributed by atoms with E-state index in [1.54, 1.807) is 17.2 Å². The summed E-state index contributed by atoms with van der Waals surface area (Å²) in [6.07, 6.45) is 1.56. The first-order chi connectivity index (χ1) is 7.81. The summed E-state index contributed by atoms with van der Waals surface area (Å²) >= 11 is 0. The van der Waals surface area contributed by atoms with Gasteiger partial charge in [0.2, 0.25) is 0 Å². The summed E-state index contributed by atoms with van der Waals surface area (Å²) in [7, 11) is 0. The fraction of sp³-hybridized carbons (Fsp3) is 0.500. The molecule has 0 bridgehead atoms. The summed E-state index contributed by atoms with van der Waals surface area (Å²) in [5.74, 6) is 0.402. The fourth-order valence-electron chi connectivity index (χ4n) is 1.54. The van der Waals surface area contributed by atoms with E-state index in [2.05, 4.69) is 9.97 Å². The molecular weight excluding hydrogens is 208 g/mol. The number of aromatic nitrogens is 2. The van der Waals surface area contributed by atoms with Gasteiger partial charge in [-0.2, -0.15) is 0 Å². The Morgan fingerprint density at radius 2 is 2.25 bits per heavy atom. The van der Waals surface area contributed by atoms with Gasteiger partial charge in [0.05, 0.1) is 19.8 Å². The molecule has 0 aromatic carbocycles. The third-order valence-electron chi connectivity index (χ3n) is 2.41. The van der Waals surface area contributed by atoms with Crippen LogP contribution in [0, 0.1) is 0 Å². The number of morpholine rings is 1. The van der Waals surface area contributed by atoms with Gasteiger partial charge in [0.1, 0.15) is 11.5 Å². The molecule has 1 aromatic rings. The second-order valence-corrected chi connectivity index (χ2v) is 3.47. The number of carbonyl (C=O) groups excluding carboxylic acids is 1. The molecule has 0 unspecified atom stereocenters. The number of hydrogen-bond acceptors (Lipinski definition) is 5. The molecule has 6 nitrogen and oxygen atoms in total. The number of rotatable bonds is 2. The van der Waals surface area contributed by atoms with Crippen LogP contribution in [0.2, 0.25) is 0 Å². The maximum Gasteiger partial charge on any atom is 0.272 e. The van der Waals surface area contributed by atoms with Crippen LogP contribution in [-0.4, -0.2) is 47.1 Å². The van der Waals surface area contributed by atoms with Crippen LogP contribution < -0.4 is 5.73 Å². The van der Waals surface area contributed by atoms with Crippen molar-refractivity contribution >= 4 is 5.91 Å². The molecule has 0 spiro atoms. The Kier molecular flexibility index (Phi) is 3.43. The molecule has 1 aliphatic rings. The first-order valence-corrected chi connectivity index (χ1v) is 5.20. The van der Waals surface area contributed by atoms with Crippen LogP contribution in [-0.2, 0) is 11.3 Å². The van der Waals surface area contributed by atoms with E-state index in [-0.39, 0.29) is 12.5 Å². The Bertz CT molecular complexity index is 377. The van der Waals surface area contributed by atoms with Crippen molar-refractivity contribution in [2.24, 2.45) is 5.73 Å². The Morgan fingerprint density at radius 1 is 1.50 bits per heavy atom.